The number of aromatic nitrogens is 4. The van der Waals surface area contributed by atoms with E-state index in [-0.39, 0.29) is 18.0 Å². The van der Waals surface area contributed by atoms with Crippen LogP contribution in [0.15, 0.2) is 49.1 Å². The average molecular weight is 378 g/mol. The highest BCUT2D eigenvalue weighted by atomic mass is 19.4. The Balaban J connectivity index is 1.95. The summed E-state index contributed by atoms with van der Waals surface area (Å²) in [6.07, 6.45) is -2.23. The van der Waals surface area contributed by atoms with Gasteiger partial charge in [0.05, 0.1) is 6.54 Å². The predicted octanol–water partition coefficient (Wildman–Crippen LogP) is 3.70. The Morgan fingerprint density at radius 1 is 1.11 bits per heavy atom. The number of pyridine rings is 1. The van der Waals surface area contributed by atoms with E-state index in [2.05, 4.69) is 15.1 Å². The van der Waals surface area contributed by atoms with Gasteiger partial charge in [-0.15, -0.1) is 0 Å². The average Bonchev–Trinajstić information content (AvgIpc) is 3.08. The molecule has 0 aliphatic rings. The molecule has 6 nitrogen and oxygen atoms in total. The lowest BCUT2D eigenvalue weighted by Gasteiger charge is -2.26. The first-order valence-corrected chi connectivity index (χ1v) is 8.03. The van der Waals surface area contributed by atoms with Crippen LogP contribution < -0.4 is 4.74 Å². The Morgan fingerprint density at radius 2 is 1.81 bits per heavy atom. The molecule has 0 radical (unpaired) electrons. The van der Waals surface area contributed by atoms with Crippen LogP contribution in [-0.4, -0.2) is 24.9 Å². The van der Waals surface area contributed by atoms with E-state index in [0.717, 1.165) is 11.6 Å². The Bertz CT molecular complexity index is 907. The molecule has 3 aromatic rings. The van der Waals surface area contributed by atoms with Crippen LogP contribution in [0.3, 0.4) is 0 Å². The molecule has 0 spiro atoms. The second kappa shape index (κ2) is 6.99. The molecule has 2 heterocycles. The fourth-order valence-electron chi connectivity index (χ4n) is 2.59. The van der Waals surface area contributed by atoms with Crippen LogP contribution in [0.2, 0.25) is 0 Å². The molecule has 142 valence electrons. The van der Waals surface area contributed by atoms with Crippen LogP contribution in [0.5, 0.6) is 11.6 Å². The van der Waals surface area contributed by atoms with Crippen molar-refractivity contribution in [2.24, 2.45) is 0 Å². The van der Waals surface area contributed by atoms with Crippen molar-refractivity contribution < 1.29 is 23.0 Å². The Morgan fingerprint density at radius 3 is 2.41 bits per heavy atom. The van der Waals surface area contributed by atoms with E-state index in [4.69, 9.17) is 4.74 Å². The lowest BCUT2D eigenvalue weighted by Crippen LogP contribution is -2.31. The summed E-state index contributed by atoms with van der Waals surface area (Å²) in [6.45, 7) is 2.94. The first-order chi connectivity index (χ1) is 12.6. The zero-order chi connectivity index (χ0) is 19.7. The van der Waals surface area contributed by atoms with E-state index in [1.54, 1.807) is 24.3 Å². The summed E-state index contributed by atoms with van der Waals surface area (Å²) in [4.78, 5) is 7.33. The minimum atomic E-state index is -4.77. The van der Waals surface area contributed by atoms with Gasteiger partial charge in [-0.3, -0.25) is 0 Å². The van der Waals surface area contributed by atoms with Crippen LogP contribution in [0, 0.1) is 6.92 Å². The van der Waals surface area contributed by atoms with Crippen molar-refractivity contribution >= 4 is 0 Å². The largest absolute Gasteiger partial charge is 0.439 e. The number of hydrogen-bond donors (Lipinski definition) is 1. The van der Waals surface area contributed by atoms with Crippen LogP contribution in [0.25, 0.3) is 0 Å². The third-order valence-electron chi connectivity index (χ3n) is 3.90. The van der Waals surface area contributed by atoms with E-state index in [1.165, 1.54) is 30.3 Å². The maximum absolute atomic E-state index is 13.6. The Hall–Kier alpha value is -2.94. The van der Waals surface area contributed by atoms with Gasteiger partial charge in [-0.05, 0) is 32.0 Å². The fourth-order valence-corrected chi connectivity index (χ4v) is 2.59. The van der Waals surface area contributed by atoms with Gasteiger partial charge in [0.2, 0.25) is 5.88 Å². The number of hydrogen-bond acceptors (Lipinski definition) is 5. The van der Waals surface area contributed by atoms with Crippen LogP contribution >= 0.6 is 0 Å². The van der Waals surface area contributed by atoms with E-state index in [1.807, 2.05) is 6.92 Å². The Kier molecular flexibility index (Phi) is 4.88. The molecular formula is C18H17F3N4O2. The number of aryl methyl sites for hydroxylation is 1. The number of ether oxygens (including phenoxy) is 1. The van der Waals surface area contributed by atoms with E-state index < -0.39 is 17.5 Å². The van der Waals surface area contributed by atoms with Crippen molar-refractivity contribution in [3.05, 3.63) is 65.9 Å². The van der Waals surface area contributed by atoms with Crippen molar-refractivity contribution in [1.82, 2.24) is 19.7 Å². The number of aliphatic hydroxyl groups is 1. The number of halogens is 3. The van der Waals surface area contributed by atoms with Gasteiger partial charge in [0, 0.05) is 11.6 Å². The molecule has 0 fully saturated rings. The summed E-state index contributed by atoms with van der Waals surface area (Å²) >= 11 is 0. The molecule has 0 saturated heterocycles. The van der Waals surface area contributed by atoms with Crippen molar-refractivity contribution in [2.45, 2.75) is 32.2 Å². The summed E-state index contributed by atoms with van der Waals surface area (Å²) in [6, 6.07) is 9.28. The molecule has 0 aliphatic carbocycles. The minimum Gasteiger partial charge on any atom is -0.439 e. The number of benzene rings is 1. The molecule has 9 heteroatoms. The minimum absolute atomic E-state index is 0.212. The van der Waals surface area contributed by atoms with E-state index >= 15 is 0 Å². The maximum Gasteiger partial charge on any atom is 0.433 e. The van der Waals surface area contributed by atoms with Crippen molar-refractivity contribution in [3.8, 4) is 11.6 Å². The van der Waals surface area contributed by atoms with Gasteiger partial charge in [0.25, 0.3) is 0 Å². The summed E-state index contributed by atoms with van der Waals surface area (Å²) < 4.78 is 47.4. The van der Waals surface area contributed by atoms with E-state index in [0.29, 0.717) is 5.75 Å². The monoisotopic (exact) mass is 378 g/mol. The molecular weight excluding hydrogens is 361 g/mol. The standard InChI is InChI=1S/C18H17F3N4O2/c1-12-3-5-13(6-4-12)27-15-8-7-14(16(24-15)18(19,20)21)17(2,26)9-25-11-22-10-23-25/h3-8,10-11,26H,9H2,1-2H3. The van der Waals surface area contributed by atoms with Gasteiger partial charge < -0.3 is 9.84 Å². The molecule has 27 heavy (non-hydrogen) atoms. The molecule has 2 aromatic heterocycles. The highest BCUT2D eigenvalue weighted by Gasteiger charge is 2.41. The van der Waals surface area contributed by atoms with Gasteiger partial charge in [-0.2, -0.15) is 18.3 Å². The lowest BCUT2D eigenvalue weighted by molar-refractivity contribution is -0.144. The number of nitrogens with zero attached hydrogens (tertiary/aromatic N) is 4. The topological polar surface area (TPSA) is 73.1 Å². The predicted molar refractivity (Wildman–Crippen MR) is 90.1 cm³/mol. The number of alkyl halides is 3. The molecule has 3 rings (SSSR count). The molecule has 1 atom stereocenters. The molecule has 0 aliphatic heterocycles. The highest BCUT2D eigenvalue weighted by Crippen LogP contribution is 2.37. The van der Waals surface area contributed by atoms with Gasteiger partial charge in [0.1, 0.15) is 24.0 Å². The normalized spacial score (nSPS) is 14.0. The second-order valence-electron chi connectivity index (χ2n) is 6.33. The van der Waals surface area contributed by atoms with Gasteiger partial charge in [0.15, 0.2) is 5.69 Å². The first kappa shape index (κ1) is 18.8. The summed E-state index contributed by atoms with van der Waals surface area (Å²) in [5.41, 5.74) is -2.46. The van der Waals surface area contributed by atoms with Gasteiger partial charge in [-0.25, -0.2) is 14.6 Å². The third kappa shape index (κ3) is 4.43. The third-order valence-corrected chi connectivity index (χ3v) is 3.90. The van der Waals surface area contributed by atoms with Crippen molar-refractivity contribution in [1.29, 1.82) is 0 Å². The zero-order valence-electron chi connectivity index (χ0n) is 14.6. The first-order valence-electron chi connectivity index (χ1n) is 8.03. The van der Waals surface area contributed by atoms with Crippen LogP contribution in [0.1, 0.15) is 23.7 Å². The quantitative estimate of drug-likeness (QED) is 0.733. The smallest absolute Gasteiger partial charge is 0.433 e. The SMILES string of the molecule is Cc1ccc(Oc2ccc(C(C)(O)Cn3cncn3)c(C(F)(F)F)n2)cc1. The zero-order valence-corrected chi connectivity index (χ0v) is 14.6. The second-order valence-corrected chi connectivity index (χ2v) is 6.33. The molecule has 0 saturated carbocycles. The van der Waals surface area contributed by atoms with Crippen LogP contribution in [0.4, 0.5) is 13.2 Å². The molecule has 0 amide bonds. The molecule has 1 unspecified atom stereocenters. The van der Waals surface area contributed by atoms with Crippen LogP contribution in [-0.2, 0) is 18.3 Å². The fraction of sp³-hybridized carbons (Fsp3) is 0.278. The Labute approximate surface area is 153 Å². The molecule has 1 aromatic carbocycles. The summed E-state index contributed by atoms with van der Waals surface area (Å²) in [7, 11) is 0. The lowest BCUT2D eigenvalue weighted by atomic mass is 9.94. The molecule has 1 N–H and O–H groups in total. The molecule has 0 bridgehead atoms. The maximum atomic E-state index is 13.6. The van der Waals surface area contributed by atoms with Crippen molar-refractivity contribution in [3.63, 3.8) is 0 Å². The highest BCUT2D eigenvalue weighted by molar-refractivity contribution is 5.35. The summed E-state index contributed by atoms with van der Waals surface area (Å²) in [5.74, 6) is 0.148. The number of rotatable bonds is 5. The van der Waals surface area contributed by atoms with E-state index in [9.17, 15) is 18.3 Å². The van der Waals surface area contributed by atoms with Gasteiger partial charge in [-0.1, -0.05) is 17.7 Å². The van der Waals surface area contributed by atoms with Crippen molar-refractivity contribution in [2.75, 3.05) is 0 Å². The van der Waals surface area contributed by atoms with Gasteiger partial charge >= 0.3 is 6.18 Å². The summed E-state index contributed by atoms with van der Waals surface area (Å²) in [5, 5.41) is 14.5.